The molecule has 7 nitrogen and oxygen atoms in total. The van der Waals surface area contributed by atoms with Crippen LogP contribution in [0.1, 0.15) is 42.4 Å². The standard InChI is InChI=1S/C30H34ClN5O2/c1-32-23-9-11-24(12-10-23)36(29(37)26-15-20-6-4-5-7-25(20)28(26)31)18-21-14-19(8-13-27(21)38-3)22-16-34-30(33-2)35-17-22/h4-8,13-14,16-17,23-24,32H,9-12,15,18H2,1-3H3,(H,33,34,35). The molecular formula is C30H34ClN5O2. The number of anilines is 1. The van der Waals surface area contributed by atoms with Gasteiger partial charge in [-0.1, -0.05) is 41.9 Å². The van der Waals surface area contributed by atoms with Crippen LogP contribution in [0, 0.1) is 0 Å². The van der Waals surface area contributed by atoms with Crippen molar-refractivity contribution < 1.29 is 9.53 Å². The first-order valence-electron chi connectivity index (χ1n) is 13.1. The molecule has 2 aliphatic rings. The van der Waals surface area contributed by atoms with Gasteiger partial charge >= 0.3 is 0 Å². The van der Waals surface area contributed by atoms with Crippen LogP contribution < -0.4 is 15.4 Å². The molecule has 3 aromatic rings. The van der Waals surface area contributed by atoms with Crippen molar-refractivity contribution in [3.05, 3.63) is 77.1 Å². The summed E-state index contributed by atoms with van der Waals surface area (Å²) in [5.74, 6) is 1.32. The van der Waals surface area contributed by atoms with Crippen LogP contribution in [0.15, 0.2) is 60.4 Å². The molecule has 5 rings (SSSR count). The number of aromatic nitrogens is 2. The molecular weight excluding hydrogens is 498 g/mol. The lowest BCUT2D eigenvalue weighted by Gasteiger charge is -2.37. The number of methoxy groups -OCH3 is 1. The van der Waals surface area contributed by atoms with Crippen molar-refractivity contribution in [2.45, 2.75) is 50.7 Å². The highest BCUT2D eigenvalue weighted by atomic mass is 35.5. The molecule has 0 atom stereocenters. The summed E-state index contributed by atoms with van der Waals surface area (Å²) < 4.78 is 5.75. The average molecular weight is 532 g/mol. The summed E-state index contributed by atoms with van der Waals surface area (Å²) in [5, 5.41) is 6.92. The van der Waals surface area contributed by atoms with E-state index in [0.29, 0.717) is 35.6 Å². The quantitative estimate of drug-likeness (QED) is 0.413. The Morgan fingerprint density at radius 2 is 1.79 bits per heavy atom. The third-order valence-electron chi connectivity index (χ3n) is 7.78. The predicted octanol–water partition coefficient (Wildman–Crippen LogP) is 5.26. The zero-order chi connectivity index (χ0) is 26.6. The van der Waals surface area contributed by atoms with Crippen LogP contribution in [-0.2, 0) is 17.8 Å². The third kappa shape index (κ3) is 5.26. The molecule has 0 saturated heterocycles. The fourth-order valence-electron chi connectivity index (χ4n) is 5.58. The Morgan fingerprint density at radius 1 is 1.05 bits per heavy atom. The minimum atomic E-state index is 0.00766. The van der Waals surface area contributed by atoms with Gasteiger partial charge in [-0.3, -0.25) is 4.79 Å². The summed E-state index contributed by atoms with van der Waals surface area (Å²) in [4.78, 5) is 24.9. The van der Waals surface area contributed by atoms with Crippen molar-refractivity contribution in [2.75, 3.05) is 26.5 Å². The van der Waals surface area contributed by atoms with Crippen LogP contribution in [0.4, 0.5) is 5.95 Å². The Bertz CT molecular complexity index is 1330. The molecule has 8 heteroatoms. The van der Waals surface area contributed by atoms with Gasteiger partial charge in [0, 0.05) is 61.2 Å². The summed E-state index contributed by atoms with van der Waals surface area (Å²) >= 11 is 6.80. The molecule has 0 aliphatic heterocycles. The monoisotopic (exact) mass is 531 g/mol. The lowest BCUT2D eigenvalue weighted by molar-refractivity contribution is -0.130. The van der Waals surface area contributed by atoms with Gasteiger partial charge in [0.2, 0.25) is 5.95 Å². The van der Waals surface area contributed by atoms with Crippen LogP contribution in [-0.4, -0.2) is 54.1 Å². The van der Waals surface area contributed by atoms with Crippen LogP contribution >= 0.6 is 11.6 Å². The summed E-state index contributed by atoms with van der Waals surface area (Å²) in [5.41, 5.74) is 5.55. The summed E-state index contributed by atoms with van der Waals surface area (Å²) in [6, 6.07) is 14.6. The second kappa shape index (κ2) is 11.5. The molecule has 1 saturated carbocycles. The molecule has 0 spiro atoms. The van der Waals surface area contributed by atoms with Gasteiger partial charge in [0.1, 0.15) is 5.75 Å². The van der Waals surface area contributed by atoms with Crippen molar-refractivity contribution in [3.63, 3.8) is 0 Å². The molecule has 1 heterocycles. The predicted molar refractivity (Wildman–Crippen MR) is 152 cm³/mol. The first-order valence-corrected chi connectivity index (χ1v) is 13.5. The maximum Gasteiger partial charge on any atom is 0.252 e. The first-order chi connectivity index (χ1) is 18.5. The lowest BCUT2D eigenvalue weighted by Crippen LogP contribution is -2.45. The van der Waals surface area contributed by atoms with Gasteiger partial charge in [-0.05, 0) is 61.6 Å². The highest BCUT2D eigenvalue weighted by Gasteiger charge is 2.34. The number of ether oxygens (including phenoxy) is 1. The summed E-state index contributed by atoms with van der Waals surface area (Å²) in [6.45, 7) is 0.435. The zero-order valence-electron chi connectivity index (χ0n) is 22.1. The smallest absolute Gasteiger partial charge is 0.252 e. The number of halogens is 1. The van der Waals surface area contributed by atoms with E-state index in [0.717, 1.165) is 59.3 Å². The van der Waals surface area contributed by atoms with Gasteiger partial charge in [-0.15, -0.1) is 0 Å². The van der Waals surface area contributed by atoms with Crippen LogP contribution in [0.25, 0.3) is 16.2 Å². The van der Waals surface area contributed by atoms with E-state index in [4.69, 9.17) is 16.3 Å². The van der Waals surface area contributed by atoms with Crippen molar-refractivity contribution in [3.8, 4) is 16.9 Å². The van der Waals surface area contributed by atoms with Gasteiger partial charge in [-0.25, -0.2) is 9.97 Å². The minimum Gasteiger partial charge on any atom is -0.496 e. The number of hydrogen-bond acceptors (Lipinski definition) is 6. The van der Waals surface area contributed by atoms with E-state index < -0.39 is 0 Å². The van der Waals surface area contributed by atoms with Gasteiger partial charge in [0.25, 0.3) is 5.91 Å². The Hall–Kier alpha value is -3.42. The van der Waals surface area contributed by atoms with E-state index in [1.807, 2.05) is 48.3 Å². The largest absolute Gasteiger partial charge is 0.496 e. The van der Waals surface area contributed by atoms with Crippen molar-refractivity contribution in [1.82, 2.24) is 20.2 Å². The molecule has 0 unspecified atom stereocenters. The SMILES string of the molecule is CNc1ncc(-c2ccc(OC)c(CN(C(=O)C3=C(Cl)c4ccccc4C3)C3CCC(NC)CC3)c2)cn1. The zero-order valence-corrected chi connectivity index (χ0v) is 22.9. The van der Waals surface area contributed by atoms with E-state index in [-0.39, 0.29) is 11.9 Å². The van der Waals surface area contributed by atoms with Crippen molar-refractivity contribution in [2.24, 2.45) is 0 Å². The Kier molecular flexibility index (Phi) is 7.95. The summed E-state index contributed by atoms with van der Waals surface area (Å²) in [6.07, 6.45) is 8.10. The number of carbonyl (C=O) groups is 1. The fourth-order valence-corrected chi connectivity index (χ4v) is 5.91. The maximum absolute atomic E-state index is 14.2. The Morgan fingerprint density at radius 3 is 2.45 bits per heavy atom. The number of nitrogens with zero attached hydrogens (tertiary/aromatic N) is 3. The topological polar surface area (TPSA) is 79.4 Å². The van der Waals surface area contributed by atoms with E-state index in [2.05, 4.69) is 26.7 Å². The summed E-state index contributed by atoms with van der Waals surface area (Å²) in [7, 11) is 5.47. The number of fused-ring (bicyclic) bond motifs is 1. The number of carbonyl (C=O) groups excluding carboxylic acids is 1. The Balaban J connectivity index is 1.48. The Labute approximate surface area is 229 Å². The highest BCUT2D eigenvalue weighted by molar-refractivity contribution is 6.51. The fraction of sp³-hybridized carbons (Fsp3) is 0.367. The molecule has 38 heavy (non-hydrogen) atoms. The number of rotatable bonds is 8. The molecule has 1 fully saturated rings. The average Bonchev–Trinajstić information content (AvgIpc) is 3.32. The first kappa shape index (κ1) is 26.2. The molecule has 1 aromatic heterocycles. The lowest BCUT2D eigenvalue weighted by atomic mass is 9.89. The molecule has 2 aliphatic carbocycles. The molecule has 198 valence electrons. The molecule has 2 aromatic carbocycles. The van der Waals surface area contributed by atoms with Gasteiger partial charge < -0.3 is 20.3 Å². The molecule has 1 amide bonds. The second-order valence-corrected chi connectivity index (χ2v) is 10.3. The van der Waals surface area contributed by atoms with Crippen molar-refractivity contribution in [1.29, 1.82) is 0 Å². The van der Waals surface area contributed by atoms with Gasteiger partial charge in [-0.2, -0.15) is 0 Å². The van der Waals surface area contributed by atoms with E-state index in [1.54, 1.807) is 26.6 Å². The van der Waals surface area contributed by atoms with E-state index >= 15 is 0 Å². The van der Waals surface area contributed by atoms with Gasteiger partial charge in [0.15, 0.2) is 0 Å². The number of nitrogens with one attached hydrogen (secondary N) is 2. The molecule has 0 radical (unpaired) electrons. The highest BCUT2D eigenvalue weighted by Crippen LogP contribution is 2.38. The second-order valence-electron chi connectivity index (χ2n) is 9.93. The number of benzene rings is 2. The van der Waals surface area contributed by atoms with Gasteiger partial charge in [0.05, 0.1) is 12.1 Å². The van der Waals surface area contributed by atoms with Crippen LogP contribution in [0.2, 0.25) is 0 Å². The van der Waals surface area contributed by atoms with E-state index in [9.17, 15) is 4.79 Å². The van der Waals surface area contributed by atoms with E-state index in [1.165, 1.54) is 0 Å². The number of hydrogen-bond donors (Lipinski definition) is 2. The molecule has 0 bridgehead atoms. The molecule has 2 N–H and O–H groups in total. The van der Waals surface area contributed by atoms with Crippen molar-refractivity contribution >= 4 is 28.5 Å². The maximum atomic E-state index is 14.2. The normalized spacial score (nSPS) is 18.7. The number of amides is 1. The van der Waals surface area contributed by atoms with Crippen LogP contribution in [0.3, 0.4) is 0 Å². The minimum absolute atomic E-state index is 0.00766. The third-order valence-corrected chi connectivity index (χ3v) is 8.21. The van der Waals surface area contributed by atoms with Crippen LogP contribution in [0.5, 0.6) is 5.75 Å².